The summed E-state index contributed by atoms with van der Waals surface area (Å²) in [4.78, 5) is 6.04. The second-order valence-electron chi connectivity index (χ2n) is 10.2. The van der Waals surface area contributed by atoms with Gasteiger partial charge in [-0.3, -0.25) is 4.90 Å². The summed E-state index contributed by atoms with van der Waals surface area (Å²) in [6, 6.07) is 21.8. The zero-order valence-electron chi connectivity index (χ0n) is 20.6. The molecule has 34 heavy (non-hydrogen) atoms. The van der Waals surface area contributed by atoms with Gasteiger partial charge in [-0.2, -0.15) is 5.26 Å². The Morgan fingerprint density at radius 2 is 1.65 bits per heavy atom. The van der Waals surface area contributed by atoms with Crippen LogP contribution in [0.4, 0.5) is 5.69 Å². The first-order valence-electron chi connectivity index (χ1n) is 12.9. The molecule has 2 aromatic rings. The van der Waals surface area contributed by atoms with Gasteiger partial charge in [-0.05, 0) is 75.5 Å². The Hall–Kier alpha value is -2.82. The fourth-order valence-corrected chi connectivity index (χ4v) is 6.64. The number of hydrogen-bond acceptors (Lipinski definition) is 3. The van der Waals surface area contributed by atoms with Crippen LogP contribution >= 0.6 is 0 Å². The van der Waals surface area contributed by atoms with Crippen LogP contribution in [0.25, 0.3) is 4.85 Å². The molecular weight excluding hydrogens is 418 g/mol. The van der Waals surface area contributed by atoms with Crippen molar-refractivity contribution in [1.82, 2.24) is 4.90 Å². The van der Waals surface area contributed by atoms with Crippen molar-refractivity contribution >= 4 is 5.69 Å². The normalized spacial score (nSPS) is 25.2. The first kappa shape index (κ1) is 24.3. The average molecular weight is 456 g/mol. The van der Waals surface area contributed by atoms with E-state index in [1.54, 1.807) is 12.1 Å². The molecule has 178 valence electrons. The highest BCUT2D eigenvalue weighted by Crippen LogP contribution is 2.51. The molecule has 0 amide bonds. The Bertz CT molecular complexity index is 988. The number of benzene rings is 2. The van der Waals surface area contributed by atoms with Crippen LogP contribution in [0.3, 0.4) is 0 Å². The van der Waals surface area contributed by atoms with Crippen LogP contribution in [-0.4, -0.2) is 30.1 Å². The van der Waals surface area contributed by atoms with Crippen molar-refractivity contribution in [3.63, 3.8) is 0 Å². The van der Waals surface area contributed by atoms with E-state index in [0.717, 1.165) is 31.6 Å². The molecule has 1 saturated heterocycles. The molecule has 4 nitrogen and oxygen atoms in total. The van der Waals surface area contributed by atoms with E-state index in [2.05, 4.69) is 60.0 Å². The molecule has 2 aliphatic rings. The third-order valence-corrected chi connectivity index (χ3v) is 8.26. The molecule has 2 aromatic carbocycles. The van der Waals surface area contributed by atoms with Crippen LogP contribution < -0.4 is 4.74 Å². The van der Waals surface area contributed by atoms with Gasteiger partial charge in [-0.15, -0.1) is 0 Å². The molecule has 0 radical (unpaired) electrons. The maximum absolute atomic E-state index is 10.7. The molecule has 4 heteroatoms. The molecule has 1 aliphatic heterocycles. The van der Waals surface area contributed by atoms with E-state index >= 15 is 0 Å². The molecule has 0 N–H and O–H groups in total. The van der Waals surface area contributed by atoms with Gasteiger partial charge in [0.25, 0.3) is 0 Å². The SMILES string of the molecule is [C-]#[N+]c1ccc(OCCCN2[C@H](C)CC(C(C#N)(c3ccccc3)C3CCCC3)C[C@@H]2C)cc1. The molecule has 0 aromatic heterocycles. The van der Waals surface area contributed by atoms with E-state index in [0.29, 0.717) is 36.2 Å². The Morgan fingerprint density at radius 3 is 2.24 bits per heavy atom. The fourth-order valence-electron chi connectivity index (χ4n) is 6.64. The van der Waals surface area contributed by atoms with Gasteiger partial charge < -0.3 is 4.74 Å². The number of piperidine rings is 1. The molecule has 0 spiro atoms. The maximum atomic E-state index is 10.7. The van der Waals surface area contributed by atoms with Gasteiger partial charge in [0, 0.05) is 18.6 Å². The molecule has 4 atom stereocenters. The van der Waals surface area contributed by atoms with Gasteiger partial charge in [-0.1, -0.05) is 55.3 Å². The molecule has 2 fully saturated rings. The minimum absolute atomic E-state index is 0.368. The summed E-state index contributed by atoms with van der Waals surface area (Å²) in [5.74, 6) is 1.69. The summed E-state index contributed by atoms with van der Waals surface area (Å²) < 4.78 is 5.91. The molecule has 4 rings (SSSR count). The molecule has 1 aliphatic carbocycles. The van der Waals surface area contributed by atoms with Crippen LogP contribution in [0.15, 0.2) is 54.6 Å². The van der Waals surface area contributed by atoms with Crippen LogP contribution in [0.2, 0.25) is 0 Å². The molecule has 1 heterocycles. The van der Waals surface area contributed by atoms with Crippen molar-refractivity contribution in [2.45, 2.75) is 76.3 Å². The maximum Gasteiger partial charge on any atom is 0.187 e. The van der Waals surface area contributed by atoms with E-state index in [1.165, 1.54) is 31.2 Å². The number of nitriles is 1. The van der Waals surface area contributed by atoms with Crippen LogP contribution in [-0.2, 0) is 5.41 Å². The zero-order chi connectivity index (χ0) is 24.0. The molecule has 2 unspecified atom stereocenters. The topological polar surface area (TPSA) is 40.6 Å². The van der Waals surface area contributed by atoms with Crippen LogP contribution in [0.1, 0.15) is 64.4 Å². The van der Waals surface area contributed by atoms with Crippen molar-refractivity contribution in [2.75, 3.05) is 13.2 Å². The first-order valence-corrected chi connectivity index (χ1v) is 12.9. The van der Waals surface area contributed by atoms with Crippen LogP contribution in [0, 0.1) is 29.7 Å². The number of hydrogen-bond donors (Lipinski definition) is 0. The van der Waals surface area contributed by atoms with Gasteiger partial charge in [0.05, 0.1) is 24.7 Å². The lowest BCUT2D eigenvalue weighted by atomic mass is 9.58. The number of likely N-dealkylation sites (tertiary alicyclic amines) is 1. The lowest BCUT2D eigenvalue weighted by molar-refractivity contribution is 0.0328. The summed E-state index contributed by atoms with van der Waals surface area (Å²) in [6.07, 6.45) is 7.98. The lowest BCUT2D eigenvalue weighted by Crippen LogP contribution is -2.53. The van der Waals surface area contributed by atoms with Crippen molar-refractivity contribution < 1.29 is 4.74 Å². The summed E-state index contributed by atoms with van der Waals surface area (Å²) in [7, 11) is 0. The van der Waals surface area contributed by atoms with Crippen molar-refractivity contribution in [3.05, 3.63) is 71.6 Å². The highest BCUT2D eigenvalue weighted by Gasteiger charge is 2.50. The summed E-state index contributed by atoms with van der Waals surface area (Å²) in [5.41, 5.74) is 1.51. The van der Waals surface area contributed by atoms with Crippen molar-refractivity contribution in [3.8, 4) is 11.8 Å². The minimum Gasteiger partial charge on any atom is -0.494 e. The second-order valence-corrected chi connectivity index (χ2v) is 10.2. The smallest absolute Gasteiger partial charge is 0.187 e. The molecule has 0 bridgehead atoms. The number of nitrogens with zero attached hydrogens (tertiary/aromatic N) is 3. The van der Waals surface area contributed by atoms with E-state index in [-0.39, 0.29) is 5.41 Å². The second kappa shape index (κ2) is 11.1. The number of rotatable bonds is 8. The highest BCUT2D eigenvalue weighted by molar-refractivity contribution is 5.47. The Morgan fingerprint density at radius 1 is 1.00 bits per heavy atom. The van der Waals surface area contributed by atoms with Gasteiger partial charge in [0.1, 0.15) is 5.75 Å². The molecular formula is C30H37N3O. The van der Waals surface area contributed by atoms with Gasteiger partial charge in [0.2, 0.25) is 0 Å². The van der Waals surface area contributed by atoms with E-state index in [9.17, 15) is 5.26 Å². The standard InChI is InChI=1S/C30H37N3O/c1-23-20-27(30(22-31,26-12-7-8-13-26)25-10-5-4-6-11-25)21-24(2)33(23)18-9-19-34-29-16-14-28(32-3)15-17-29/h4-6,10-11,14-17,23-24,26-27H,7-9,12-13,18-21H2,1-2H3/t23-,24+,27?,30?. The predicted molar refractivity (Wildman–Crippen MR) is 137 cm³/mol. The average Bonchev–Trinajstić information content (AvgIpc) is 3.40. The highest BCUT2D eigenvalue weighted by atomic mass is 16.5. The van der Waals surface area contributed by atoms with E-state index in [1.807, 2.05) is 12.1 Å². The largest absolute Gasteiger partial charge is 0.494 e. The third-order valence-electron chi connectivity index (χ3n) is 8.26. The van der Waals surface area contributed by atoms with Gasteiger partial charge in [-0.25, -0.2) is 4.85 Å². The Labute approximate surface area is 205 Å². The fraction of sp³-hybridized carbons (Fsp3) is 0.533. The molecule has 1 saturated carbocycles. The predicted octanol–water partition coefficient (Wildman–Crippen LogP) is 7.15. The number of ether oxygens (including phenoxy) is 1. The van der Waals surface area contributed by atoms with E-state index in [4.69, 9.17) is 11.3 Å². The minimum atomic E-state index is -0.368. The van der Waals surface area contributed by atoms with E-state index < -0.39 is 0 Å². The monoisotopic (exact) mass is 455 g/mol. The van der Waals surface area contributed by atoms with Gasteiger partial charge in [0.15, 0.2) is 5.69 Å². The van der Waals surface area contributed by atoms with Crippen LogP contribution in [0.5, 0.6) is 5.75 Å². The van der Waals surface area contributed by atoms with Gasteiger partial charge >= 0.3 is 0 Å². The quantitative estimate of drug-likeness (QED) is 0.313. The van der Waals surface area contributed by atoms with Crippen molar-refractivity contribution in [1.29, 1.82) is 5.26 Å². The Kier molecular flexibility index (Phi) is 7.91. The summed E-state index contributed by atoms with van der Waals surface area (Å²) >= 11 is 0. The Balaban J connectivity index is 1.40. The lowest BCUT2D eigenvalue weighted by Gasteiger charge is -2.49. The summed E-state index contributed by atoms with van der Waals surface area (Å²) in [5, 5.41) is 10.7. The zero-order valence-corrected chi connectivity index (χ0v) is 20.6. The summed E-state index contributed by atoms with van der Waals surface area (Å²) in [6.45, 7) is 13.4. The van der Waals surface area contributed by atoms with Crippen molar-refractivity contribution in [2.24, 2.45) is 11.8 Å². The first-order chi connectivity index (χ1) is 16.6. The third kappa shape index (κ3) is 4.98.